The lowest BCUT2D eigenvalue weighted by Gasteiger charge is -1.98. The first kappa shape index (κ1) is 8.21. The third-order valence-corrected chi connectivity index (χ3v) is 1.75. The van der Waals surface area contributed by atoms with Crippen molar-refractivity contribution in [2.75, 3.05) is 0 Å². The summed E-state index contributed by atoms with van der Waals surface area (Å²) >= 11 is 0. The highest BCUT2D eigenvalue weighted by Gasteiger charge is 2.12. The maximum atomic E-state index is 8.87. The van der Waals surface area contributed by atoms with Crippen LogP contribution in [0.2, 0.25) is 0 Å². The zero-order valence-electron chi connectivity index (χ0n) is 7.05. The summed E-state index contributed by atoms with van der Waals surface area (Å²) in [5, 5.41) is 17.7. The Morgan fingerprint density at radius 2 is 2.15 bits per heavy atom. The Bertz CT molecular complexity index is 440. The first-order valence-corrected chi connectivity index (χ1v) is 3.84. The van der Waals surface area contributed by atoms with Crippen LogP contribution >= 0.6 is 0 Å². The van der Waals surface area contributed by atoms with Crippen molar-refractivity contribution >= 4 is 18.4 Å². The number of rotatable bonds is 1. The van der Waals surface area contributed by atoms with Crippen molar-refractivity contribution in [3.05, 3.63) is 24.3 Å². The van der Waals surface area contributed by atoms with Gasteiger partial charge in [-0.2, -0.15) is 0 Å². The molecule has 0 aliphatic rings. The van der Waals surface area contributed by atoms with Crippen LogP contribution in [0.3, 0.4) is 0 Å². The Morgan fingerprint density at radius 1 is 1.38 bits per heavy atom. The van der Waals surface area contributed by atoms with Gasteiger partial charge >= 0.3 is 7.12 Å². The van der Waals surface area contributed by atoms with Gasteiger partial charge in [0.1, 0.15) is 0 Å². The molecule has 66 valence electrons. The minimum atomic E-state index is -1.49. The van der Waals surface area contributed by atoms with Gasteiger partial charge in [0.05, 0.1) is 5.69 Å². The summed E-state index contributed by atoms with van der Waals surface area (Å²) in [6.07, 6.45) is 4.76. The van der Waals surface area contributed by atoms with Crippen LogP contribution in [0.1, 0.15) is 5.69 Å². The van der Waals surface area contributed by atoms with Gasteiger partial charge in [0.2, 0.25) is 5.78 Å². The van der Waals surface area contributed by atoms with Gasteiger partial charge in [-0.05, 0) is 6.92 Å². The van der Waals surface area contributed by atoms with Crippen molar-refractivity contribution < 1.29 is 10.0 Å². The minimum absolute atomic E-state index is 0.352. The van der Waals surface area contributed by atoms with E-state index in [1.165, 1.54) is 6.20 Å². The molecule has 0 saturated carbocycles. The van der Waals surface area contributed by atoms with Crippen LogP contribution in [0.4, 0.5) is 0 Å². The molecule has 0 fully saturated rings. The average molecular weight is 177 g/mol. The van der Waals surface area contributed by atoms with Crippen LogP contribution in [0.25, 0.3) is 5.78 Å². The molecule has 5 nitrogen and oxygen atoms in total. The van der Waals surface area contributed by atoms with Crippen LogP contribution in [0, 0.1) is 6.92 Å². The molecule has 0 aliphatic carbocycles. The predicted octanol–water partition coefficient (Wildman–Crippen LogP) is -1.28. The fourth-order valence-corrected chi connectivity index (χ4v) is 1.15. The molecule has 2 aromatic rings. The van der Waals surface area contributed by atoms with E-state index in [0.29, 0.717) is 11.2 Å². The molecule has 0 spiro atoms. The molecular weight excluding hydrogens is 169 g/mol. The van der Waals surface area contributed by atoms with Gasteiger partial charge in [0, 0.05) is 24.1 Å². The molecule has 2 heterocycles. The van der Waals surface area contributed by atoms with Gasteiger partial charge in [0.15, 0.2) is 0 Å². The summed E-state index contributed by atoms with van der Waals surface area (Å²) < 4.78 is 1.66. The van der Waals surface area contributed by atoms with Crippen molar-refractivity contribution in [2.24, 2.45) is 0 Å². The SMILES string of the molecule is Cc1cn2cc(B(O)O)cnc2n1. The van der Waals surface area contributed by atoms with E-state index in [2.05, 4.69) is 9.97 Å². The molecule has 0 bridgehead atoms. The summed E-state index contributed by atoms with van der Waals surface area (Å²) in [4.78, 5) is 8.06. The van der Waals surface area contributed by atoms with Crippen LogP contribution in [-0.2, 0) is 0 Å². The van der Waals surface area contributed by atoms with Gasteiger partial charge in [-0.25, -0.2) is 9.97 Å². The molecular formula is C7H8BN3O2. The van der Waals surface area contributed by atoms with Crippen LogP contribution in [0.15, 0.2) is 18.6 Å². The molecule has 0 unspecified atom stereocenters. The van der Waals surface area contributed by atoms with Crippen molar-refractivity contribution in [2.45, 2.75) is 6.92 Å². The van der Waals surface area contributed by atoms with Gasteiger partial charge in [0.25, 0.3) is 0 Å². The van der Waals surface area contributed by atoms with E-state index >= 15 is 0 Å². The number of imidazole rings is 1. The molecule has 2 N–H and O–H groups in total. The lowest BCUT2D eigenvalue weighted by atomic mass is 9.83. The van der Waals surface area contributed by atoms with Gasteiger partial charge in [-0.15, -0.1) is 0 Å². The highest BCUT2D eigenvalue weighted by molar-refractivity contribution is 6.58. The molecule has 0 aliphatic heterocycles. The minimum Gasteiger partial charge on any atom is -0.423 e. The lowest BCUT2D eigenvalue weighted by molar-refractivity contribution is 0.425. The number of aromatic nitrogens is 3. The molecule has 6 heteroatoms. The number of hydrogen-bond donors (Lipinski definition) is 2. The molecule has 0 atom stereocenters. The lowest BCUT2D eigenvalue weighted by Crippen LogP contribution is -2.31. The van der Waals surface area contributed by atoms with Crippen molar-refractivity contribution in [1.29, 1.82) is 0 Å². The second-order valence-electron chi connectivity index (χ2n) is 2.85. The first-order valence-electron chi connectivity index (χ1n) is 3.84. The molecule has 2 rings (SSSR count). The molecule has 0 amide bonds. The Kier molecular flexibility index (Phi) is 1.79. The highest BCUT2D eigenvalue weighted by Crippen LogP contribution is 1.98. The van der Waals surface area contributed by atoms with E-state index in [4.69, 9.17) is 10.0 Å². The van der Waals surface area contributed by atoms with Gasteiger partial charge < -0.3 is 10.0 Å². The van der Waals surface area contributed by atoms with Crippen molar-refractivity contribution in [1.82, 2.24) is 14.4 Å². The maximum Gasteiger partial charge on any atom is 0.491 e. The molecule has 13 heavy (non-hydrogen) atoms. The predicted molar refractivity (Wildman–Crippen MR) is 47.5 cm³/mol. The van der Waals surface area contributed by atoms with Gasteiger partial charge in [-0.3, -0.25) is 4.40 Å². The Labute approximate surface area is 74.8 Å². The second-order valence-corrected chi connectivity index (χ2v) is 2.85. The Morgan fingerprint density at radius 3 is 2.85 bits per heavy atom. The fourth-order valence-electron chi connectivity index (χ4n) is 1.15. The van der Waals surface area contributed by atoms with Crippen molar-refractivity contribution in [3.63, 3.8) is 0 Å². The summed E-state index contributed by atoms with van der Waals surface area (Å²) in [5.41, 5.74) is 1.20. The van der Waals surface area contributed by atoms with Crippen LogP contribution in [-0.4, -0.2) is 31.5 Å². The van der Waals surface area contributed by atoms with E-state index in [-0.39, 0.29) is 0 Å². The highest BCUT2D eigenvalue weighted by atomic mass is 16.4. The Hall–Kier alpha value is -1.40. The van der Waals surface area contributed by atoms with Crippen molar-refractivity contribution in [3.8, 4) is 0 Å². The van der Waals surface area contributed by atoms with E-state index in [1.807, 2.05) is 6.92 Å². The number of nitrogens with zero attached hydrogens (tertiary/aromatic N) is 3. The standard InChI is InChI=1S/C7H8BN3O2/c1-5-3-11-4-6(8(12)13)2-9-7(11)10-5/h2-4,12-13H,1H3. The monoisotopic (exact) mass is 177 g/mol. The number of aryl methyl sites for hydroxylation is 1. The van der Waals surface area contributed by atoms with E-state index in [1.54, 1.807) is 16.8 Å². The fraction of sp³-hybridized carbons (Fsp3) is 0.143. The molecule has 2 aromatic heterocycles. The smallest absolute Gasteiger partial charge is 0.423 e. The number of fused-ring (bicyclic) bond motifs is 1. The summed E-state index contributed by atoms with van der Waals surface area (Å²) in [6, 6.07) is 0. The average Bonchev–Trinajstić information content (AvgIpc) is 2.42. The largest absolute Gasteiger partial charge is 0.491 e. The van der Waals surface area contributed by atoms with E-state index in [9.17, 15) is 0 Å². The zero-order chi connectivity index (χ0) is 9.42. The summed E-state index contributed by atoms with van der Waals surface area (Å²) in [7, 11) is -1.49. The van der Waals surface area contributed by atoms with Crippen LogP contribution < -0.4 is 5.46 Å². The van der Waals surface area contributed by atoms with Crippen LogP contribution in [0.5, 0.6) is 0 Å². The zero-order valence-corrected chi connectivity index (χ0v) is 7.05. The molecule has 0 aromatic carbocycles. The third-order valence-electron chi connectivity index (χ3n) is 1.75. The second kappa shape index (κ2) is 2.83. The summed E-state index contributed by atoms with van der Waals surface area (Å²) in [6.45, 7) is 1.85. The van der Waals surface area contributed by atoms with Gasteiger partial charge in [-0.1, -0.05) is 0 Å². The molecule has 0 saturated heterocycles. The number of hydrogen-bond acceptors (Lipinski definition) is 4. The maximum absolute atomic E-state index is 8.87. The quantitative estimate of drug-likeness (QED) is 0.532. The first-order chi connectivity index (χ1) is 6.16. The third kappa shape index (κ3) is 1.41. The normalized spacial score (nSPS) is 10.7. The Balaban J connectivity index is 2.61. The molecule has 0 radical (unpaired) electrons. The van der Waals surface area contributed by atoms with E-state index < -0.39 is 7.12 Å². The van der Waals surface area contributed by atoms with E-state index in [0.717, 1.165) is 5.69 Å². The topological polar surface area (TPSA) is 70.7 Å². The summed E-state index contributed by atoms with van der Waals surface area (Å²) in [5.74, 6) is 0.557.